The zero-order chi connectivity index (χ0) is 12.6. The number of carbonyl (C=O) groups is 1. The number of carboxylic acids is 1. The fourth-order valence-electron chi connectivity index (χ4n) is 1.84. The van der Waals surface area contributed by atoms with Crippen molar-refractivity contribution < 1.29 is 23.8 Å². The maximum Gasteiger partial charge on any atom is 0.304 e. The van der Waals surface area contributed by atoms with E-state index in [2.05, 4.69) is 0 Å². The first-order chi connectivity index (χ1) is 7.90. The summed E-state index contributed by atoms with van der Waals surface area (Å²) in [6, 6.07) is 2.94. The van der Waals surface area contributed by atoms with Crippen LogP contribution >= 0.6 is 0 Å². The monoisotopic (exact) mass is 240 g/mol. The van der Waals surface area contributed by atoms with Crippen molar-refractivity contribution in [2.45, 2.75) is 25.7 Å². The largest absolute Gasteiger partial charge is 0.481 e. The first kappa shape index (κ1) is 11.7. The van der Waals surface area contributed by atoms with Gasteiger partial charge in [0, 0.05) is 5.41 Å². The van der Waals surface area contributed by atoms with Crippen LogP contribution in [-0.4, -0.2) is 17.9 Å². The predicted molar refractivity (Wildman–Crippen MR) is 57.8 cm³/mol. The Kier molecular flexibility index (Phi) is 2.69. The second kappa shape index (κ2) is 3.91. The molecule has 4 nitrogen and oxygen atoms in total. The van der Waals surface area contributed by atoms with E-state index in [1.54, 1.807) is 19.9 Å². The minimum atomic E-state index is -0.923. The van der Waals surface area contributed by atoms with Crippen LogP contribution in [0, 0.1) is 5.82 Å². The standard InChI is InChI=1S/C12H13FO4/c1-12(2,5-10(14)15)7-3-8(13)11-9(4-7)16-6-17-11/h3-4H,5-6H2,1-2H3,(H,14,15). The van der Waals surface area contributed by atoms with Crippen LogP contribution in [0.5, 0.6) is 11.5 Å². The van der Waals surface area contributed by atoms with Crippen molar-refractivity contribution >= 4 is 5.97 Å². The number of ether oxygens (including phenoxy) is 2. The molecule has 0 amide bonds. The molecule has 92 valence electrons. The quantitative estimate of drug-likeness (QED) is 0.880. The van der Waals surface area contributed by atoms with Crippen molar-refractivity contribution in [3.63, 3.8) is 0 Å². The van der Waals surface area contributed by atoms with Gasteiger partial charge in [0.05, 0.1) is 6.42 Å². The number of aliphatic carboxylic acids is 1. The summed E-state index contributed by atoms with van der Waals surface area (Å²) < 4.78 is 23.7. The maximum atomic E-state index is 13.7. The van der Waals surface area contributed by atoms with Crippen LogP contribution in [-0.2, 0) is 10.2 Å². The van der Waals surface area contributed by atoms with Crippen molar-refractivity contribution in [1.29, 1.82) is 0 Å². The number of hydrogen-bond donors (Lipinski definition) is 1. The first-order valence-electron chi connectivity index (χ1n) is 5.21. The van der Waals surface area contributed by atoms with E-state index in [4.69, 9.17) is 14.6 Å². The summed E-state index contributed by atoms with van der Waals surface area (Å²) in [5.41, 5.74) is -0.0742. The van der Waals surface area contributed by atoms with Gasteiger partial charge in [-0.1, -0.05) is 13.8 Å². The molecule has 0 unspecified atom stereocenters. The van der Waals surface area contributed by atoms with Gasteiger partial charge in [0.2, 0.25) is 12.5 Å². The molecule has 1 heterocycles. The highest BCUT2D eigenvalue weighted by molar-refractivity contribution is 5.69. The van der Waals surface area contributed by atoms with Crippen molar-refractivity contribution in [2.75, 3.05) is 6.79 Å². The SMILES string of the molecule is CC(C)(CC(=O)O)c1cc(F)c2c(c1)OCO2. The zero-order valence-electron chi connectivity index (χ0n) is 9.62. The van der Waals surface area contributed by atoms with Gasteiger partial charge in [0.1, 0.15) is 0 Å². The summed E-state index contributed by atoms with van der Waals surface area (Å²) >= 11 is 0. The first-order valence-corrected chi connectivity index (χ1v) is 5.21. The summed E-state index contributed by atoms with van der Waals surface area (Å²) in [4.78, 5) is 10.8. The van der Waals surface area contributed by atoms with E-state index in [0.29, 0.717) is 11.3 Å². The Hall–Kier alpha value is -1.78. The molecule has 1 aliphatic rings. The lowest BCUT2D eigenvalue weighted by Crippen LogP contribution is -2.21. The molecule has 17 heavy (non-hydrogen) atoms. The highest BCUT2D eigenvalue weighted by Crippen LogP contribution is 2.39. The average Bonchev–Trinajstić information content (AvgIpc) is 2.63. The zero-order valence-corrected chi connectivity index (χ0v) is 9.62. The van der Waals surface area contributed by atoms with E-state index in [0.717, 1.165) is 0 Å². The molecule has 0 radical (unpaired) electrons. The van der Waals surface area contributed by atoms with Gasteiger partial charge in [0.15, 0.2) is 11.6 Å². The lowest BCUT2D eigenvalue weighted by atomic mass is 9.81. The van der Waals surface area contributed by atoms with Crippen LogP contribution in [0.25, 0.3) is 0 Å². The van der Waals surface area contributed by atoms with E-state index in [1.165, 1.54) is 6.07 Å². The molecule has 0 aromatic heterocycles. The molecular weight excluding hydrogens is 227 g/mol. The molecule has 0 atom stereocenters. The van der Waals surface area contributed by atoms with Crippen LogP contribution in [0.4, 0.5) is 4.39 Å². The fourth-order valence-corrected chi connectivity index (χ4v) is 1.84. The molecule has 0 bridgehead atoms. The normalized spacial score (nSPS) is 13.8. The molecule has 5 heteroatoms. The minimum absolute atomic E-state index is 0.00490. The van der Waals surface area contributed by atoms with Crippen molar-refractivity contribution in [1.82, 2.24) is 0 Å². The molecule has 0 aliphatic carbocycles. The number of fused-ring (bicyclic) bond motifs is 1. The van der Waals surface area contributed by atoms with Gasteiger partial charge in [0.25, 0.3) is 0 Å². The number of halogens is 1. The Bertz CT molecular complexity index is 468. The molecule has 1 aromatic rings. The summed E-state index contributed by atoms with van der Waals surface area (Å²) in [6.07, 6.45) is -0.0773. The van der Waals surface area contributed by atoms with Gasteiger partial charge in [-0.15, -0.1) is 0 Å². The molecule has 1 aliphatic heterocycles. The highest BCUT2D eigenvalue weighted by Gasteiger charge is 2.28. The van der Waals surface area contributed by atoms with Crippen LogP contribution in [0.3, 0.4) is 0 Å². The fraction of sp³-hybridized carbons (Fsp3) is 0.417. The van der Waals surface area contributed by atoms with Crippen LogP contribution in [0.15, 0.2) is 12.1 Å². The number of hydrogen-bond acceptors (Lipinski definition) is 3. The van der Waals surface area contributed by atoms with Crippen molar-refractivity contribution in [3.05, 3.63) is 23.5 Å². The third kappa shape index (κ3) is 2.18. The molecule has 1 N–H and O–H groups in total. The molecule has 0 spiro atoms. The Morgan fingerprint density at radius 1 is 1.47 bits per heavy atom. The molecule has 2 rings (SSSR count). The number of carboxylic acid groups (broad SMARTS) is 1. The van der Waals surface area contributed by atoms with E-state index in [9.17, 15) is 9.18 Å². The van der Waals surface area contributed by atoms with E-state index < -0.39 is 17.2 Å². The smallest absolute Gasteiger partial charge is 0.304 e. The lowest BCUT2D eigenvalue weighted by molar-refractivity contribution is -0.138. The predicted octanol–water partition coefficient (Wildman–Crippen LogP) is 2.31. The maximum absolute atomic E-state index is 13.7. The van der Waals surface area contributed by atoms with Crippen molar-refractivity contribution in [3.8, 4) is 11.5 Å². The molecule has 0 fully saturated rings. The second-order valence-corrected chi connectivity index (χ2v) is 4.65. The average molecular weight is 240 g/mol. The van der Waals surface area contributed by atoms with E-state index in [-0.39, 0.29) is 19.0 Å². The third-order valence-electron chi connectivity index (χ3n) is 2.80. The van der Waals surface area contributed by atoms with E-state index >= 15 is 0 Å². The Morgan fingerprint density at radius 3 is 2.82 bits per heavy atom. The third-order valence-corrected chi connectivity index (χ3v) is 2.80. The summed E-state index contributed by atoms with van der Waals surface area (Å²) in [6.45, 7) is 3.49. The van der Waals surface area contributed by atoms with Gasteiger partial charge in [-0.05, 0) is 17.7 Å². The summed E-state index contributed by atoms with van der Waals surface area (Å²) in [5, 5.41) is 8.82. The van der Waals surface area contributed by atoms with Crippen LogP contribution in [0.1, 0.15) is 25.8 Å². The van der Waals surface area contributed by atoms with Gasteiger partial charge in [-0.2, -0.15) is 0 Å². The van der Waals surface area contributed by atoms with Gasteiger partial charge < -0.3 is 14.6 Å². The molecule has 1 aromatic carbocycles. The number of rotatable bonds is 3. The molecular formula is C12H13FO4. The second-order valence-electron chi connectivity index (χ2n) is 4.65. The summed E-state index contributed by atoms with van der Waals surface area (Å²) in [7, 11) is 0. The Balaban J connectivity index is 2.40. The molecule has 0 saturated heterocycles. The Morgan fingerprint density at radius 2 is 2.18 bits per heavy atom. The lowest BCUT2D eigenvalue weighted by Gasteiger charge is -2.23. The molecule has 0 saturated carbocycles. The van der Waals surface area contributed by atoms with Crippen LogP contribution in [0.2, 0.25) is 0 Å². The highest BCUT2D eigenvalue weighted by atomic mass is 19.1. The van der Waals surface area contributed by atoms with Crippen molar-refractivity contribution in [2.24, 2.45) is 0 Å². The topological polar surface area (TPSA) is 55.8 Å². The number of benzene rings is 1. The van der Waals surface area contributed by atoms with E-state index in [1.807, 2.05) is 0 Å². The van der Waals surface area contributed by atoms with Crippen LogP contribution < -0.4 is 9.47 Å². The van der Waals surface area contributed by atoms with Gasteiger partial charge >= 0.3 is 5.97 Å². The van der Waals surface area contributed by atoms with Gasteiger partial charge in [-0.25, -0.2) is 4.39 Å². The Labute approximate surface area is 98.0 Å². The minimum Gasteiger partial charge on any atom is -0.481 e. The van der Waals surface area contributed by atoms with Gasteiger partial charge in [-0.3, -0.25) is 4.79 Å². The summed E-state index contributed by atoms with van der Waals surface area (Å²) in [5.74, 6) is -1.01.